The molecule has 2 N–H and O–H groups in total. The second kappa shape index (κ2) is 5.85. The minimum atomic E-state index is 0.185. The molecule has 1 aromatic carbocycles. The zero-order valence-corrected chi connectivity index (χ0v) is 11.9. The van der Waals surface area contributed by atoms with Crippen molar-refractivity contribution in [2.24, 2.45) is 0 Å². The standard InChI is InChI=1S/C13H17ClN2OS/c1-2-16(10-4-5-10)13(17)8-18-12-7-9(14)3-6-11(12)15/h3,6-7,10H,2,4-5,8,15H2,1H3. The van der Waals surface area contributed by atoms with E-state index in [0.29, 0.717) is 22.5 Å². The number of carbonyl (C=O) groups is 1. The van der Waals surface area contributed by atoms with Gasteiger partial charge in [0.25, 0.3) is 0 Å². The van der Waals surface area contributed by atoms with Gasteiger partial charge in [0.15, 0.2) is 0 Å². The summed E-state index contributed by atoms with van der Waals surface area (Å²) >= 11 is 7.38. The smallest absolute Gasteiger partial charge is 0.233 e. The van der Waals surface area contributed by atoms with E-state index in [1.165, 1.54) is 11.8 Å². The first-order chi connectivity index (χ1) is 8.61. The lowest BCUT2D eigenvalue weighted by Gasteiger charge is -2.20. The van der Waals surface area contributed by atoms with Crippen LogP contribution < -0.4 is 5.73 Å². The van der Waals surface area contributed by atoms with E-state index in [1.807, 2.05) is 17.9 Å². The lowest BCUT2D eigenvalue weighted by molar-refractivity contribution is -0.128. The number of nitrogens with zero attached hydrogens (tertiary/aromatic N) is 1. The van der Waals surface area contributed by atoms with Crippen LogP contribution in [0.1, 0.15) is 19.8 Å². The van der Waals surface area contributed by atoms with Crippen molar-refractivity contribution in [2.75, 3.05) is 18.0 Å². The third-order valence-electron chi connectivity index (χ3n) is 2.98. The Morgan fingerprint density at radius 3 is 2.89 bits per heavy atom. The molecule has 18 heavy (non-hydrogen) atoms. The molecule has 1 fully saturated rings. The van der Waals surface area contributed by atoms with Crippen molar-refractivity contribution in [3.8, 4) is 0 Å². The first kappa shape index (κ1) is 13.6. The third-order valence-corrected chi connectivity index (χ3v) is 4.27. The van der Waals surface area contributed by atoms with Crippen LogP contribution in [0.3, 0.4) is 0 Å². The van der Waals surface area contributed by atoms with Crippen LogP contribution in [-0.2, 0) is 4.79 Å². The second-order valence-corrected chi connectivity index (χ2v) is 5.84. The summed E-state index contributed by atoms with van der Waals surface area (Å²) in [5.74, 6) is 0.610. The van der Waals surface area contributed by atoms with Crippen LogP contribution in [0.2, 0.25) is 5.02 Å². The van der Waals surface area contributed by atoms with Gasteiger partial charge in [0.2, 0.25) is 5.91 Å². The van der Waals surface area contributed by atoms with E-state index in [4.69, 9.17) is 17.3 Å². The van der Waals surface area contributed by atoms with E-state index in [2.05, 4.69) is 0 Å². The highest BCUT2D eigenvalue weighted by Gasteiger charge is 2.31. The van der Waals surface area contributed by atoms with Gasteiger partial charge in [-0.3, -0.25) is 4.79 Å². The molecule has 0 unspecified atom stereocenters. The van der Waals surface area contributed by atoms with Crippen molar-refractivity contribution in [1.82, 2.24) is 4.90 Å². The SMILES string of the molecule is CCN(C(=O)CSc1cc(Cl)ccc1N)C1CC1. The van der Waals surface area contributed by atoms with Crippen molar-refractivity contribution in [3.05, 3.63) is 23.2 Å². The predicted molar refractivity (Wildman–Crippen MR) is 77.0 cm³/mol. The van der Waals surface area contributed by atoms with Crippen molar-refractivity contribution in [3.63, 3.8) is 0 Å². The maximum Gasteiger partial charge on any atom is 0.233 e. The average Bonchev–Trinajstić information content (AvgIpc) is 3.16. The molecule has 0 aliphatic heterocycles. The number of nitrogen functional groups attached to an aromatic ring is 1. The van der Waals surface area contributed by atoms with Gasteiger partial charge in [0.1, 0.15) is 0 Å². The summed E-state index contributed by atoms with van der Waals surface area (Å²) in [5.41, 5.74) is 6.52. The molecule has 1 aliphatic rings. The number of hydrogen-bond donors (Lipinski definition) is 1. The highest BCUT2D eigenvalue weighted by Crippen LogP contribution is 2.30. The van der Waals surface area contributed by atoms with Crippen LogP contribution in [0.4, 0.5) is 5.69 Å². The molecule has 0 saturated heterocycles. The molecular weight excluding hydrogens is 268 g/mol. The molecule has 0 atom stereocenters. The van der Waals surface area contributed by atoms with Crippen molar-refractivity contribution in [2.45, 2.75) is 30.7 Å². The molecule has 0 spiro atoms. The fourth-order valence-corrected chi connectivity index (χ4v) is 3.01. The highest BCUT2D eigenvalue weighted by atomic mass is 35.5. The van der Waals surface area contributed by atoms with Crippen LogP contribution in [0.25, 0.3) is 0 Å². The number of halogens is 1. The Hall–Kier alpha value is -0.870. The number of hydrogen-bond acceptors (Lipinski definition) is 3. The molecule has 1 amide bonds. The summed E-state index contributed by atoms with van der Waals surface area (Å²) in [4.78, 5) is 14.9. The molecule has 2 rings (SSSR count). The first-order valence-corrected chi connectivity index (χ1v) is 7.45. The highest BCUT2D eigenvalue weighted by molar-refractivity contribution is 8.00. The number of carbonyl (C=O) groups excluding carboxylic acids is 1. The van der Waals surface area contributed by atoms with E-state index < -0.39 is 0 Å². The summed E-state index contributed by atoms with van der Waals surface area (Å²) < 4.78 is 0. The van der Waals surface area contributed by atoms with Gasteiger partial charge < -0.3 is 10.6 Å². The molecule has 0 bridgehead atoms. The average molecular weight is 285 g/mol. The topological polar surface area (TPSA) is 46.3 Å². The van der Waals surface area contributed by atoms with Gasteiger partial charge in [0.05, 0.1) is 5.75 Å². The minimum Gasteiger partial charge on any atom is -0.398 e. The summed E-state index contributed by atoms with van der Waals surface area (Å²) in [5, 5.41) is 0.647. The fraction of sp³-hybridized carbons (Fsp3) is 0.462. The summed E-state index contributed by atoms with van der Waals surface area (Å²) in [7, 11) is 0. The van der Waals surface area contributed by atoms with E-state index >= 15 is 0 Å². The maximum absolute atomic E-state index is 12.1. The number of rotatable bonds is 5. The van der Waals surface area contributed by atoms with E-state index in [0.717, 1.165) is 24.3 Å². The van der Waals surface area contributed by atoms with Crippen LogP contribution in [0.15, 0.2) is 23.1 Å². The van der Waals surface area contributed by atoms with E-state index in [9.17, 15) is 4.79 Å². The normalized spacial score (nSPS) is 14.6. The Labute approximate surface area is 117 Å². The molecule has 98 valence electrons. The molecule has 0 radical (unpaired) electrons. The van der Waals surface area contributed by atoms with Crippen LogP contribution in [0, 0.1) is 0 Å². The number of anilines is 1. The van der Waals surface area contributed by atoms with Gasteiger partial charge in [0, 0.05) is 28.2 Å². The first-order valence-electron chi connectivity index (χ1n) is 6.09. The third kappa shape index (κ3) is 3.33. The van der Waals surface area contributed by atoms with Gasteiger partial charge in [-0.1, -0.05) is 11.6 Å². The van der Waals surface area contributed by atoms with Crippen molar-refractivity contribution in [1.29, 1.82) is 0 Å². The molecule has 0 heterocycles. The number of amides is 1. The Morgan fingerprint density at radius 2 is 2.28 bits per heavy atom. The molecule has 5 heteroatoms. The van der Waals surface area contributed by atoms with Crippen molar-refractivity contribution < 1.29 is 4.79 Å². The van der Waals surface area contributed by atoms with Gasteiger partial charge >= 0.3 is 0 Å². The Balaban J connectivity index is 1.94. The number of benzene rings is 1. The summed E-state index contributed by atoms with van der Waals surface area (Å²) in [6.45, 7) is 2.81. The molecule has 1 saturated carbocycles. The van der Waals surface area contributed by atoms with Gasteiger partial charge in [-0.05, 0) is 38.0 Å². The van der Waals surface area contributed by atoms with Crippen LogP contribution in [-0.4, -0.2) is 29.1 Å². The summed E-state index contributed by atoms with van der Waals surface area (Å²) in [6.07, 6.45) is 2.28. The van der Waals surface area contributed by atoms with E-state index in [-0.39, 0.29) is 5.91 Å². The van der Waals surface area contributed by atoms with Gasteiger partial charge in [-0.25, -0.2) is 0 Å². The minimum absolute atomic E-state index is 0.185. The van der Waals surface area contributed by atoms with Gasteiger partial charge in [-0.15, -0.1) is 11.8 Å². The van der Waals surface area contributed by atoms with Crippen LogP contribution >= 0.6 is 23.4 Å². The molecule has 1 aliphatic carbocycles. The van der Waals surface area contributed by atoms with Crippen molar-refractivity contribution >= 4 is 35.0 Å². The second-order valence-electron chi connectivity index (χ2n) is 4.38. The Kier molecular flexibility index (Phi) is 4.40. The maximum atomic E-state index is 12.1. The quantitative estimate of drug-likeness (QED) is 0.668. The summed E-state index contributed by atoms with van der Waals surface area (Å²) in [6, 6.07) is 5.81. The molecule has 1 aromatic rings. The van der Waals surface area contributed by atoms with Crippen LogP contribution in [0.5, 0.6) is 0 Å². The Bertz CT molecular complexity index is 449. The van der Waals surface area contributed by atoms with E-state index in [1.54, 1.807) is 12.1 Å². The Morgan fingerprint density at radius 1 is 1.56 bits per heavy atom. The lowest BCUT2D eigenvalue weighted by Crippen LogP contribution is -2.34. The zero-order chi connectivity index (χ0) is 13.1. The van der Waals surface area contributed by atoms with Gasteiger partial charge in [-0.2, -0.15) is 0 Å². The fourth-order valence-electron chi connectivity index (χ4n) is 1.88. The zero-order valence-electron chi connectivity index (χ0n) is 10.4. The number of nitrogens with two attached hydrogens (primary N) is 1. The predicted octanol–water partition coefficient (Wildman–Crippen LogP) is 3.03. The number of thioether (sulfide) groups is 1. The monoisotopic (exact) mass is 284 g/mol. The largest absolute Gasteiger partial charge is 0.398 e. The molecular formula is C13H17ClN2OS. The lowest BCUT2D eigenvalue weighted by atomic mass is 10.3. The molecule has 0 aromatic heterocycles. The molecule has 3 nitrogen and oxygen atoms in total.